The molecular weight excluding hydrogens is 224 g/mol. The Morgan fingerprint density at radius 1 is 1.47 bits per heavy atom. The number of carbonyl (C=O) groups excluding carboxylic acids is 1. The second-order valence-electron chi connectivity index (χ2n) is 4.35. The van der Waals surface area contributed by atoms with E-state index < -0.39 is 17.2 Å². The van der Waals surface area contributed by atoms with Gasteiger partial charge in [-0.2, -0.15) is 5.10 Å². The minimum Gasteiger partial charge on any atom is -0.337 e. The zero-order chi connectivity index (χ0) is 12.4. The quantitative estimate of drug-likeness (QED) is 0.677. The number of aromatic nitrogens is 3. The predicted molar refractivity (Wildman–Crippen MR) is 59.8 cm³/mol. The lowest BCUT2D eigenvalue weighted by molar-refractivity contribution is 0.0673. The lowest BCUT2D eigenvalue weighted by Gasteiger charge is -2.30. The maximum Gasteiger partial charge on any atom is 0.342 e. The summed E-state index contributed by atoms with van der Waals surface area (Å²) < 4.78 is 0. The molecule has 0 aromatic carbocycles. The number of hydrogen-bond acceptors (Lipinski definition) is 4. The first-order valence-electron chi connectivity index (χ1n) is 5.56. The molecule has 2 N–H and O–H groups in total. The molecule has 7 nitrogen and oxygen atoms in total. The molecule has 1 aliphatic heterocycles. The maximum absolute atomic E-state index is 12.0. The summed E-state index contributed by atoms with van der Waals surface area (Å²) in [6.45, 7) is 3.31. The van der Waals surface area contributed by atoms with Crippen LogP contribution in [0.25, 0.3) is 0 Å². The topological polar surface area (TPSA) is 98.9 Å². The minimum atomic E-state index is -0.739. The molecule has 0 bridgehead atoms. The third-order valence-corrected chi connectivity index (χ3v) is 2.86. The van der Waals surface area contributed by atoms with Crippen LogP contribution < -0.4 is 11.2 Å². The van der Waals surface area contributed by atoms with E-state index in [9.17, 15) is 14.4 Å². The van der Waals surface area contributed by atoms with Gasteiger partial charge < -0.3 is 4.90 Å². The SMILES string of the molecule is CC1CCCN(C(=O)c2n[nH]c(=O)[nH]c2=O)C1. The van der Waals surface area contributed by atoms with Gasteiger partial charge in [0, 0.05) is 13.1 Å². The van der Waals surface area contributed by atoms with E-state index >= 15 is 0 Å². The number of piperidine rings is 1. The van der Waals surface area contributed by atoms with Gasteiger partial charge in [-0.15, -0.1) is 0 Å². The highest BCUT2D eigenvalue weighted by molar-refractivity contribution is 5.91. The summed E-state index contributed by atoms with van der Waals surface area (Å²) in [5.41, 5.74) is -1.70. The third kappa shape index (κ3) is 2.43. The van der Waals surface area contributed by atoms with E-state index in [4.69, 9.17) is 0 Å². The van der Waals surface area contributed by atoms with Gasteiger partial charge in [0.25, 0.3) is 11.5 Å². The highest BCUT2D eigenvalue weighted by Gasteiger charge is 2.25. The van der Waals surface area contributed by atoms with Crippen molar-refractivity contribution in [1.82, 2.24) is 20.1 Å². The predicted octanol–water partition coefficient (Wildman–Crippen LogP) is -0.670. The van der Waals surface area contributed by atoms with Gasteiger partial charge in [-0.25, -0.2) is 9.89 Å². The van der Waals surface area contributed by atoms with Crippen molar-refractivity contribution in [2.45, 2.75) is 19.8 Å². The number of aromatic amines is 2. The van der Waals surface area contributed by atoms with Gasteiger partial charge in [0.1, 0.15) is 0 Å². The number of hydrogen-bond donors (Lipinski definition) is 2. The average Bonchev–Trinajstić information content (AvgIpc) is 2.28. The summed E-state index contributed by atoms with van der Waals surface area (Å²) in [6, 6.07) is 0. The van der Waals surface area contributed by atoms with Crippen molar-refractivity contribution in [1.29, 1.82) is 0 Å². The summed E-state index contributed by atoms with van der Waals surface area (Å²) in [4.78, 5) is 37.8. The zero-order valence-electron chi connectivity index (χ0n) is 9.52. The van der Waals surface area contributed by atoms with Crippen LogP contribution in [0.5, 0.6) is 0 Å². The zero-order valence-corrected chi connectivity index (χ0v) is 9.52. The molecule has 1 unspecified atom stereocenters. The Labute approximate surface area is 96.9 Å². The molecule has 1 aliphatic rings. The van der Waals surface area contributed by atoms with Gasteiger partial charge in [0.2, 0.25) is 5.69 Å². The lowest BCUT2D eigenvalue weighted by atomic mass is 10.0. The molecule has 1 aromatic heterocycles. The third-order valence-electron chi connectivity index (χ3n) is 2.86. The fraction of sp³-hybridized carbons (Fsp3) is 0.600. The van der Waals surface area contributed by atoms with E-state index in [1.54, 1.807) is 4.90 Å². The number of nitrogens with one attached hydrogen (secondary N) is 2. The molecule has 0 radical (unpaired) electrons. The standard InChI is InChI=1S/C10H14N4O3/c1-6-3-2-4-14(5-6)9(16)7-8(15)11-10(17)13-12-7/h6H,2-5H2,1H3,(H2,11,13,15,17). The van der Waals surface area contributed by atoms with Crippen LogP contribution in [0.4, 0.5) is 0 Å². The van der Waals surface area contributed by atoms with Gasteiger partial charge in [-0.3, -0.25) is 14.6 Å². The van der Waals surface area contributed by atoms with E-state index in [-0.39, 0.29) is 5.69 Å². The largest absolute Gasteiger partial charge is 0.342 e. The van der Waals surface area contributed by atoms with E-state index in [1.165, 1.54) is 0 Å². The molecule has 1 saturated heterocycles. The normalized spacial score (nSPS) is 20.3. The van der Waals surface area contributed by atoms with Crippen molar-refractivity contribution in [2.75, 3.05) is 13.1 Å². The molecular formula is C10H14N4O3. The van der Waals surface area contributed by atoms with Crippen LogP contribution in [0.2, 0.25) is 0 Å². The highest BCUT2D eigenvalue weighted by Crippen LogP contribution is 2.16. The Morgan fingerprint density at radius 2 is 2.24 bits per heavy atom. The highest BCUT2D eigenvalue weighted by atomic mass is 16.2. The van der Waals surface area contributed by atoms with Crippen molar-refractivity contribution in [2.24, 2.45) is 5.92 Å². The number of likely N-dealkylation sites (tertiary alicyclic amines) is 1. The van der Waals surface area contributed by atoms with Crippen LogP contribution >= 0.6 is 0 Å². The first-order chi connectivity index (χ1) is 8.08. The number of amides is 1. The summed E-state index contributed by atoms with van der Waals surface area (Å²) in [7, 11) is 0. The van der Waals surface area contributed by atoms with Crippen LogP contribution in [0.3, 0.4) is 0 Å². The average molecular weight is 238 g/mol. The molecule has 7 heteroatoms. The van der Waals surface area contributed by atoms with Crippen molar-refractivity contribution in [3.05, 3.63) is 26.5 Å². The second kappa shape index (κ2) is 4.52. The van der Waals surface area contributed by atoms with Crippen LogP contribution in [0, 0.1) is 5.92 Å². The first-order valence-corrected chi connectivity index (χ1v) is 5.56. The van der Waals surface area contributed by atoms with Gasteiger partial charge >= 0.3 is 5.69 Å². The summed E-state index contributed by atoms with van der Waals surface area (Å²) in [6.07, 6.45) is 2.01. The van der Waals surface area contributed by atoms with Crippen molar-refractivity contribution in [3.8, 4) is 0 Å². The molecule has 1 aromatic rings. The Bertz CT molecular complexity index is 533. The molecule has 92 valence electrons. The van der Waals surface area contributed by atoms with Gasteiger partial charge in [-0.1, -0.05) is 6.92 Å². The Balaban J connectivity index is 2.24. The molecule has 1 fully saturated rings. The molecule has 1 amide bonds. The molecule has 1 atom stereocenters. The number of H-pyrrole nitrogens is 2. The number of rotatable bonds is 1. The fourth-order valence-electron chi connectivity index (χ4n) is 2.02. The van der Waals surface area contributed by atoms with Crippen LogP contribution in [-0.2, 0) is 0 Å². The fourth-order valence-corrected chi connectivity index (χ4v) is 2.02. The van der Waals surface area contributed by atoms with E-state index in [0.717, 1.165) is 12.8 Å². The van der Waals surface area contributed by atoms with Gasteiger partial charge in [0.15, 0.2) is 0 Å². The van der Waals surface area contributed by atoms with Gasteiger partial charge in [0.05, 0.1) is 0 Å². The lowest BCUT2D eigenvalue weighted by Crippen LogP contribution is -2.43. The molecule has 0 spiro atoms. The van der Waals surface area contributed by atoms with Crippen LogP contribution in [0.15, 0.2) is 9.59 Å². The smallest absolute Gasteiger partial charge is 0.337 e. The first kappa shape index (κ1) is 11.6. The van der Waals surface area contributed by atoms with Gasteiger partial charge in [-0.05, 0) is 18.8 Å². The Kier molecular flexibility index (Phi) is 3.08. The minimum absolute atomic E-state index is 0.251. The van der Waals surface area contributed by atoms with Crippen LogP contribution in [0.1, 0.15) is 30.3 Å². The van der Waals surface area contributed by atoms with E-state index in [1.807, 2.05) is 4.98 Å². The van der Waals surface area contributed by atoms with Crippen molar-refractivity contribution >= 4 is 5.91 Å². The number of nitrogens with zero attached hydrogens (tertiary/aromatic N) is 2. The molecule has 0 saturated carbocycles. The second-order valence-corrected chi connectivity index (χ2v) is 4.35. The Morgan fingerprint density at radius 3 is 2.88 bits per heavy atom. The summed E-state index contributed by atoms with van der Waals surface area (Å²) in [5.74, 6) is 0.00333. The van der Waals surface area contributed by atoms with Crippen molar-refractivity contribution < 1.29 is 4.79 Å². The molecule has 2 rings (SSSR count). The monoisotopic (exact) mass is 238 g/mol. The summed E-state index contributed by atoms with van der Waals surface area (Å²) in [5, 5.41) is 5.57. The molecule has 17 heavy (non-hydrogen) atoms. The van der Waals surface area contributed by atoms with Crippen molar-refractivity contribution in [3.63, 3.8) is 0 Å². The number of carbonyl (C=O) groups is 1. The molecule has 2 heterocycles. The van der Waals surface area contributed by atoms with Crippen LogP contribution in [-0.4, -0.2) is 39.1 Å². The Hall–Kier alpha value is -1.92. The van der Waals surface area contributed by atoms with E-state index in [0.29, 0.717) is 19.0 Å². The summed E-state index contributed by atoms with van der Waals surface area (Å²) >= 11 is 0. The molecule has 0 aliphatic carbocycles. The van der Waals surface area contributed by atoms with E-state index in [2.05, 4.69) is 17.1 Å². The maximum atomic E-state index is 12.0.